The molecule has 2 rings (SSSR count). The van der Waals surface area contributed by atoms with E-state index in [-0.39, 0.29) is 5.82 Å². The second-order valence-electron chi connectivity index (χ2n) is 4.04. The number of aryl methyl sites for hydroxylation is 2. The SMILES string of the molecule is CCn1cc(C(O)c2ccc(C)c(F)c2)cn1. The number of benzene rings is 1. The summed E-state index contributed by atoms with van der Waals surface area (Å²) < 4.78 is 15.1. The Labute approximate surface area is 99.5 Å². The maximum Gasteiger partial charge on any atom is 0.126 e. The van der Waals surface area contributed by atoms with Crippen LogP contribution in [0.25, 0.3) is 0 Å². The Kier molecular flexibility index (Phi) is 3.24. The van der Waals surface area contributed by atoms with E-state index in [0.717, 1.165) is 6.54 Å². The first-order chi connectivity index (χ1) is 8.11. The molecule has 0 saturated carbocycles. The molecule has 1 N–H and O–H groups in total. The van der Waals surface area contributed by atoms with E-state index in [9.17, 15) is 9.50 Å². The molecule has 2 aromatic rings. The summed E-state index contributed by atoms with van der Waals surface area (Å²) in [4.78, 5) is 0. The monoisotopic (exact) mass is 234 g/mol. The number of halogens is 1. The first-order valence-corrected chi connectivity index (χ1v) is 5.58. The lowest BCUT2D eigenvalue weighted by Crippen LogP contribution is -2.00. The van der Waals surface area contributed by atoms with Crippen molar-refractivity contribution in [1.82, 2.24) is 9.78 Å². The molecule has 0 aliphatic rings. The molecule has 1 heterocycles. The molecule has 0 amide bonds. The van der Waals surface area contributed by atoms with Crippen LogP contribution in [-0.2, 0) is 6.54 Å². The van der Waals surface area contributed by atoms with E-state index < -0.39 is 6.10 Å². The molecule has 1 aromatic carbocycles. The summed E-state index contributed by atoms with van der Waals surface area (Å²) in [5.74, 6) is -0.301. The van der Waals surface area contributed by atoms with Crippen molar-refractivity contribution in [2.24, 2.45) is 0 Å². The van der Waals surface area contributed by atoms with Crippen molar-refractivity contribution < 1.29 is 9.50 Å². The predicted octanol–water partition coefficient (Wildman–Crippen LogP) is 2.43. The van der Waals surface area contributed by atoms with Gasteiger partial charge in [-0.3, -0.25) is 4.68 Å². The van der Waals surface area contributed by atoms with Gasteiger partial charge in [0.25, 0.3) is 0 Å². The van der Waals surface area contributed by atoms with Crippen LogP contribution < -0.4 is 0 Å². The molecule has 0 aliphatic carbocycles. The van der Waals surface area contributed by atoms with Gasteiger partial charge in [-0.05, 0) is 31.0 Å². The third-order valence-corrected chi connectivity index (χ3v) is 2.80. The second kappa shape index (κ2) is 4.67. The summed E-state index contributed by atoms with van der Waals surface area (Å²) in [6, 6.07) is 4.76. The van der Waals surface area contributed by atoms with Crippen molar-refractivity contribution in [3.8, 4) is 0 Å². The van der Waals surface area contributed by atoms with Gasteiger partial charge in [-0.25, -0.2) is 4.39 Å². The predicted molar refractivity (Wildman–Crippen MR) is 63.1 cm³/mol. The van der Waals surface area contributed by atoms with Crippen molar-refractivity contribution in [1.29, 1.82) is 0 Å². The van der Waals surface area contributed by atoms with Crippen LogP contribution in [0.5, 0.6) is 0 Å². The highest BCUT2D eigenvalue weighted by Crippen LogP contribution is 2.23. The van der Waals surface area contributed by atoms with Gasteiger partial charge in [-0.1, -0.05) is 12.1 Å². The molecule has 0 spiro atoms. The Bertz CT molecular complexity index is 522. The van der Waals surface area contributed by atoms with Crippen LogP contribution >= 0.6 is 0 Å². The molecule has 0 aliphatic heterocycles. The third-order valence-electron chi connectivity index (χ3n) is 2.80. The molecule has 4 heteroatoms. The number of nitrogens with zero attached hydrogens (tertiary/aromatic N) is 2. The molecule has 1 unspecified atom stereocenters. The van der Waals surface area contributed by atoms with Crippen LogP contribution in [0.2, 0.25) is 0 Å². The molecule has 17 heavy (non-hydrogen) atoms. The van der Waals surface area contributed by atoms with E-state index in [2.05, 4.69) is 5.10 Å². The topological polar surface area (TPSA) is 38.0 Å². The maximum atomic E-state index is 13.4. The van der Waals surface area contributed by atoms with Crippen molar-refractivity contribution in [2.75, 3.05) is 0 Å². The van der Waals surface area contributed by atoms with Gasteiger partial charge >= 0.3 is 0 Å². The summed E-state index contributed by atoms with van der Waals surface area (Å²) in [6.45, 7) is 4.41. The maximum absolute atomic E-state index is 13.4. The molecular weight excluding hydrogens is 219 g/mol. The fraction of sp³-hybridized carbons (Fsp3) is 0.308. The molecule has 1 aromatic heterocycles. The van der Waals surface area contributed by atoms with Gasteiger partial charge in [0.1, 0.15) is 11.9 Å². The molecule has 0 saturated heterocycles. The first kappa shape index (κ1) is 11.8. The van der Waals surface area contributed by atoms with Crippen LogP contribution in [-0.4, -0.2) is 14.9 Å². The van der Waals surface area contributed by atoms with E-state index in [1.807, 2.05) is 6.92 Å². The molecule has 0 fully saturated rings. The smallest absolute Gasteiger partial charge is 0.126 e. The Balaban J connectivity index is 2.29. The first-order valence-electron chi connectivity index (χ1n) is 5.58. The third kappa shape index (κ3) is 2.36. The van der Waals surface area contributed by atoms with Gasteiger partial charge in [0.05, 0.1) is 6.20 Å². The van der Waals surface area contributed by atoms with Crippen LogP contribution in [0.15, 0.2) is 30.6 Å². The van der Waals surface area contributed by atoms with Crippen LogP contribution in [0.1, 0.15) is 29.7 Å². The van der Waals surface area contributed by atoms with Gasteiger partial charge < -0.3 is 5.11 Å². The number of hydrogen-bond donors (Lipinski definition) is 1. The minimum atomic E-state index is -0.828. The summed E-state index contributed by atoms with van der Waals surface area (Å²) in [6.07, 6.45) is 2.54. The fourth-order valence-corrected chi connectivity index (χ4v) is 1.67. The average molecular weight is 234 g/mol. The Morgan fingerprint density at radius 2 is 2.18 bits per heavy atom. The lowest BCUT2D eigenvalue weighted by molar-refractivity contribution is 0.219. The minimum absolute atomic E-state index is 0.301. The summed E-state index contributed by atoms with van der Waals surface area (Å²) in [7, 11) is 0. The minimum Gasteiger partial charge on any atom is -0.384 e. The highest BCUT2D eigenvalue weighted by molar-refractivity contribution is 5.30. The quantitative estimate of drug-likeness (QED) is 0.885. The highest BCUT2D eigenvalue weighted by Gasteiger charge is 2.13. The van der Waals surface area contributed by atoms with E-state index in [4.69, 9.17) is 0 Å². The molecular formula is C13H15FN2O. The van der Waals surface area contributed by atoms with E-state index in [1.165, 1.54) is 6.07 Å². The zero-order valence-electron chi connectivity index (χ0n) is 9.89. The van der Waals surface area contributed by atoms with Crippen LogP contribution in [0, 0.1) is 12.7 Å². The Morgan fingerprint density at radius 1 is 1.41 bits per heavy atom. The van der Waals surface area contributed by atoms with E-state index in [0.29, 0.717) is 16.7 Å². The summed E-state index contributed by atoms with van der Waals surface area (Å²) in [5.41, 5.74) is 1.80. The fourth-order valence-electron chi connectivity index (χ4n) is 1.67. The standard InChI is InChI=1S/C13H15FN2O/c1-3-16-8-11(7-15-16)13(17)10-5-4-9(2)12(14)6-10/h4-8,13,17H,3H2,1-2H3. The number of hydrogen-bond acceptors (Lipinski definition) is 2. The lowest BCUT2D eigenvalue weighted by atomic mass is 10.0. The molecule has 90 valence electrons. The zero-order chi connectivity index (χ0) is 12.4. The number of rotatable bonds is 3. The Morgan fingerprint density at radius 3 is 2.76 bits per heavy atom. The van der Waals surface area contributed by atoms with E-state index >= 15 is 0 Å². The summed E-state index contributed by atoms with van der Waals surface area (Å²) in [5, 5.41) is 14.2. The van der Waals surface area contributed by atoms with Crippen molar-refractivity contribution in [2.45, 2.75) is 26.5 Å². The van der Waals surface area contributed by atoms with E-state index in [1.54, 1.807) is 36.1 Å². The van der Waals surface area contributed by atoms with Gasteiger partial charge in [0, 0.05) is 18.3 Å². The normalized spacial score (nSPS) is 12.7. The molecule has 1 atom stereocenters. The van der Waals surface area contributed by atoms with Gasteiger partial charge in [0.15, 0.2) is 0 Å². The largest absolute Gasteiger partial charge is 0.384 e. The van der Waals surface area contributed by atoms with Gasteiger partial charge in [-0.15, -0.1) is 0 Å². The zero-order valence-corrected chi connectivity index (χ0v) is 9.89. The highest BCUT2D eigenvalue weighted by atomic mass is 19.1. The van der Waals surface area contributed by atoms with Crippen molar-refractivity contribution >= 4 is 0 Å². The van der Waals surface area contributed by atoms with Crippen LogP contribution in [0.4, 0.5) is 4.39 Å². The van der Waals surface area contributed by atoms with Crippen LogP contribution in [0.3, 0.4) is 0 Å². The lowest BCUT2D eigenvalue weighted by Gasteiger charge is -2.09. The second-order valence-corrected chi connectivity index (χ2v) is 4.04. The number of aromatic nitrogens is 2. The number of aliphatic hydroxyl groups is 1. The van der Waals surface area contributed by atoms with Crippen molar-refractivity contribution in [3.05, 3.63) is 53.1 Å². The molecule has 3 nitrogen and oxygen atoms in total. The van der Waals surface area contributed by atoms with Crippen molar-refractivity contribution in [3.63, 3.8) is 0 Å². The molecule has 0 bridgehead atoms. The molecule has 0 radical (unpaired) electrons. The summed E-state index contributed by atoms with van der Waals surface area (Å²) >= 11 is 0. The number of aliphatic hydroxyl groups excluding tert-OH is 1. The Hall–Kier alpha value is -1.68. The van der Waals surface area contributed by atoms with Gasteiger partial charge in [0.2, 0.25) is 0 Å². The van der Waals surface area contributed by atoms with Gasteiger partial charge in [-0.2, -0.15) is 5.10 Å². The average Bonchev–Trinajstić information content (AvgIpc) is 2.80.